The van der Waals surface area contributed by atoms with Crippen LogP contribution >= 0.6 is 0 Å². The van der Waals surface area contributed by atoms with E-state index in [1.807, 2.05) is 0 Å². The van der Waals surface area contributed by atoms with Crippen LogP contribution in [0.1, 0.15) is 47.5 Å². The molecule has 0 saturated heterocycles. The van der Waals surface area contributed by atoms with Crippen LogP contribution in [0.25, 0.3) is 0 Å². The van der Waals surface area contributed by atoms with Crippen molar-refractivity contribution >= 4 is 0 Å². The van der Waals surface area contributed by atoms with E-state index < -0.39 is 0 Å². The molecule has 0 aliphatic heterocycles. The monoisotopic (exact) mass is 164 g/mol. The average molecular weight is 164 g/mol. The number of allylic oxidation sites excluding steroid dienone is 4. The molecular formula is C12H20. The van der Waals surface area contributed by atoms with E-state index in [9.17, 15) is 0 Å². The third-order valence-electron chi connectivity index (χ3n) is 2.42. The van der Waals surface area contributed by atoms with Crippen LogP contribution in [0.4, 0.5) is 0 Å². The zero-order valence-corrected chi connectivity index (χ0v) is 8.99. The Hall–Kier alpha value is -0.520. The summed E-state index contributed by atoms with van der Waals surface area (Å²) in [6.07, 6.45) is 4.86. The Morgan fingerprint density at radius 3 is 2.17 bits per heavy atom. The second-order valence-corrected chi connectivity index (χ2v) is 5.05. The third kappa shape index (κ3) is 2.23. The molecule has 0 heteroatoms. The van der Waals surface area contributed by atoms with E-state index in [0.29, 0.717) is 5.41 Å². The maximum absolute atomic E-state index is 2.35. The molecule has 0 nitrogen and oxygen atoms in total. The van der Waals surface area contributed by atoms with Gasteiger partial charge in [-0.05, 0) is 44.6 Å². The highest BCUT2D eigenvalue weighted by atomic mass is 14.3. The molecule has 1 aliphatic carbocycles. The van der Waals surface area contributed by atoms with Crippen molar-refractivity contribution in [3.63, 3.8) is 0 Å². The van der Waals surface area contributed by atoms with Gasteiger partial charge in [-0.15, -0.1) is 0 Å². The van der Waals surface area contributed by atoms with E-state index in [1.54, 1.807) is 11.1 Å². The SMILES string of the molecule is CC(C)=CC1=C(C)CC(C)(C)C1. The van der Waals surface area contributed by atoms with Gasteiger partial charge in [0.15, 0.2) is 0 Å². The van der Waals surface area contributed by atoms with Crippen LogP contribution in [-0.4, -0.2) is 0 Å². The molecule has 0 atom stereocenters. The van der Waals surface area contributed by atoms with Crippen LogP contribution in [0.3, 0.4) is 0 Å². The zero-order valence-electron chi connectivity index (χ0n) is 8.99. The summed E-state index contributed by atoms with van der Waals surface area (Å²) in [5, 5.41) is 0. The van der Waals surface area contributed by atoms with Gasteiger partial charge >= 0.3 is 0 Å². The highest BCUT2D eigenvalue weighted by molar-refractivity contribution is 5.32. The normalized spacial score (nSPS) is 21.4. The standard InChI is InChI=1S/C12H20/c1-9(2)6-11-8-12(4,5)7-10(11)3/h6H,7-8H2,1-5H3. The second kappa shape index (κ2) is 3.08. The first kappa shape index (κ1) is 9.57. The lowest BCUT2D eigenvalue weighted by molar-refractivity contribution is 0.390. The molecule has 0 N–H and O–H groups in total. The summed E-state index contributed by atoms with van der Waals surface area (Å²) in [6, 6.07) is 0. The number of hydrogen-bond acceptors (Lipinski definition) is 0. The quantitative estimate of drug-likeness (QED) is 0.547. The van der Waals surface area contributed by atoms with E-state index in [4.69, 9.17) is 0 Å². The first-order chi connectivity index (χ1) is 5.41. The second-order valence-electron chi connectivity index (χ2n) is 5.05. The minimum absolute atomic E-state index is 0.505. The highest BCUT2D eigenvalue weighted by Gasteiger charge is 2.26. The summed E-state index contributed by atoms with van der Waals surface area (Å²) in [7, 11) is 0. The third-order valence-corrected chi connectivity index (χ3v) is 2.42. The molecular weight excluding hydrogens is 144 g/mol. The van der Waals surface area contributed by atoms with Crippen molar-refractivity contribution < 1.29 is 0 Å². The number of hydrogen-bond donors (Lipinski definition) is 0. The fraction of sp³-hybridized carbons (Fsp3) is 0.667. The lowest BCUT2D eigenvalue weighted by Gasteiger charge is -2.16. The van der Waals surface area contributed by atoms with Crippen LogP contribution in [0, 0.1) is 5.41 Å². The fourth-order valence-corrected chi connectivity index (χ4v) is 2.08. The molecule has 0 aromatic carbocycles. The average Bonchev–Trinajstić information content (AvgIpc) is 2.03. The van der Waals surface area contributed by atoms with Gasteiger partial charge in [0.05, 0.1) is 0 Å². The molecule has 0 aromatic heterocycles. The predicted molar refractivity (Wildman–Crippen MR) is 55.1 cm³/mol. The van der Waals surface area contributed by atoms with E-state index in [2.05, 4.69) is 40.7 Å². The Kier molecular flexibility index (Phi) is 2.46. The van der Waals surface area contributed by atoms with Crippen molar-refractivity contribution in [2.45, 2.75) is 47.5 Å². The van der Waals surface area contributed by atoms with Crippen molar-refractivity contribution in [1.82, 2.24) is 0 Å². The highest BCUT2D eigenvalue weighted by Crippen LogP contribution is 2.41. The van der Waals surface area contributed by atoms with Crippen LogP contribution in [0.15, 0.2) is 22.8 Å². The Balaban J connectivity index is 2.80. The Labute approximate surface area is 76.4 Å². The van der Waals surface area contributed by atoms with Crippen LogP contribution < -0.4 is 0 Å². The summed E-state index contributed by atoms with van der Waals surface area (Å²) in [6.45, 7) is 11.3. The Morgan fingerprint density at radius 2 is 1.83 bits per heavy atom. The number of rotatable bonds is 1. The van der Waals surface area contributed by atoms with Gasteiger partial charge in [0.2, 0.25) is 0 Å². The van der Waals surface area contributed by atoms with Gasteiger partial charge in [-0.3, -0.25) is 0 Å². The molecule has 0 aromatic rings. The van der Waals surface area contributed by atoms with Gasteiger partial charge in [0, 0.05) is 0 Å². The first-order valence-electron chi connectivity index (χ1n) is 4.74. The van der Waals surface area contributed by atoms with Crippen molar-refractivity contribution in [1.29, 1.82) is 0 Å². The van der Waals surface area contributed by atoms with Crippen molar-refractivity contribution in [3.8, 4) is 0 Å². The van der Waals surface area contributed by atoms with Crippen molar-refractivity contribution in [2.24, 2.45) is 5.41 Å². The van der Waals surface area contributed by atoms with Gasteiger partial charge in [-0.1, -0.05) is 31.1 Å². The summed E-state index contributed by atoms with van der Waals surface area (Å²) >= 11 is 0. The molecule has 0 fully saturated rings. The Morgan fingerprint density at radius 1 is 1.25 bits per heavy atom. The Bertz CT molecular complexity index is 235. The van der Waals surface area contributed by atoms with Crippen molar-refractivity contribution in [2.75, 3.05) is 0 Å². The topological polar surface area (TPSA) is 0 Å². The van der Waals surface area contributed by atoms with Gasteiger partial charge < -0.3 is 0 Å². The molecule has 0 heterocycles. The molecule has 0 unspecified atom stereocenters. The van der Waals surface area contributed by atoms with Crippen LogP contribution in [-0.2, 0) is 0 Å². The summed E-state index contributed by atoms with van der Waals surface area (Å²) in [4.78, 5) is 0. The largest absolute Gasteiger partial charge is 0.0762 e. The van der Waals surface area contributed by atoms with E-state index in [1.165, 1.54) is 18.4 Å². The smallest absolute Gasteiger partial charge is 0.0225 e. The first-order valence-corrected chi connectivity index (χ1v) is 4.74. The minimum Gasteiger partial charge on any atom is -0.0762 e. The molecule has 0 spiro atoms. The van der Waals surface area contributed by atoms with E-state index in [-0.39, 0.29) is 0 Å². The molecule has 12 heavy (non-hydrogen) atoms. The maximum atomic E-state index is 2.35. The van der Waals surface area contributed by atoms with Gasteiger partial charge in [0.25, 0.3) is 0 Å². The molecule has 0 radical (unpaired) electrons. The predicted octanol–water partition coefficient (Wildman–Crippen LogP) is 4.09. The van der Waals surface area contributed by atoms with Gasteiger partial charge in [-0.25, -0.2) is 0 Å². The molecule has 0 bridgehead atoms. The summed E-state index contributed by atoms with van der Waals surface area (Å²) in [5.74, 6) is 0. The molecule has 0 amide bonds. The maximum Gasteiger partial charge on any atom is -0.0225 e. The molecule has 1 rings (SSSR count). The summed E-state index contributed by atoms with van der Waals surface area (Å²) < 4.78 is 0. The van der Waals surface area contributed by atoms with Gasteiger partial charge in [0.1, 0.15) is 0 Å². The molecule has 1 aliphatic rings. The van der Waals surface area contributed by atoms with Gasteiger partial charge in [-0.2, -0.15) is 0 Å². The molecule has 68 valence electrons. The fourth-order valence-electron chi connectivity index (χ4n) is 2.08. The van der Waals surface area contributed by atoms with Crippen LogP contribution in [0.2, 0.25) is 0 Å². The zero-order chi connectivity index (χ0) is 9.35. The molecule has 0 saturated carbocycles. The lowest BCUT2D eigenvalue weighted by atomic mass is 9.89. The van der Waals surface area contributed by atoms with Crippen molar-refractivity contribution in [3.05, 3.63) is 22.8 Å². The van der Waals surface area contributed by atoms with E-state index >= 15 is 0 Å². The minimum atomic E-state index is 0.505. The lowest BCUT2D eigenvalue weighted by Crippen LogP contribution is -2.04. The summed E-state index contributed by atoms with van der Waals surface area (Å²) in [5.41, 5.74) is 5.08. The van der Waals surface area contributed by atoms with E-state index in [0.717, 1.165) is 0 Å². The van der Waals surface area contributed by atoms with Crippen LogP contribution in [0.5, 0.6) is 0 Å².